The zero-order valence-electron chi connectivity index (χ0n) is 15.5. The van der Waals surface area contributed by atoms with Gasteiger partial charge in [-0.25, -0.2) is 4.39 Å². The Bertz CT molecular complexity index is 969. The Hall–Kier alpha value is -2.99. The van der Waals surface area contributed by atoms with Gasteiger partial charge in [0.2, 0.25) is 5.91 Å². The van der Waals surface area contributed by atoms with Crippen molar-refractivity contribution in [3.05, 3.63) is 60.7 Å². The summed E-state index contributed by atoms with van der Waals surface area (Å²) in [6.07, 6.45) is 5.81. The summed E-state index contributed by atoms with van der Waals surface area (Å²) in [5.41, 5.74) is 2.40. The Morgan fingerprint density at radius 2 is 1.79 bits per heavy atom. The van der Waals surface area contributed by atoms with E-state index >= 15 is 0 Å². The fourth-order valence-electron chi connectivity index (χ4n) is 3.51. The van der Waals surface area contributed by atoms with Crippen LogP contribution in [0, 0.1) is 11.7 Å². The second-order valence-electron chi connectivity index (χ2n) is 7.02. The first-order valence-electron chi connectivity index (χ1n) is 9.46. The number of aromatic nitrogens is 1. The topological polar surface area (TPSA) is 63.2 Å². The van der Waals surface area contributed by atoms with Gasteiger partial charge in [-0.2, -0.15) is 0 Å². The van der Waals surface area contributed by atoms with Gasteiger partial charge in [-0.1, -0.05) is 0 Å². The smallest absolute Gasteiger partial charge is 0.224 e. The highest BCUT2D eigenvalue weighted by Crippen LogP contribution is 2.32. The molecule has 0 spiro atoms. The van der Waals surface area contributed by atoms with Crippen molar-refractivity contribution >= 4 is 33.7 Å². The molecular formula is C22H22FN3O2. The van der Waals surface area contributed by atoms with Crippen molar-refractivity contribution in [1.82, 2.24) is 4.98 Å². The molecule has 0 aliphatic carbocycles. The van der Waals surface area contributed by atoms with E-state index in [0.29, 0.717) is 12.3 Å². The molecule has 1 amide bonds. The lowest BCUT2D eigenvalue weighted by Gasteiger charge is -2.21. The van der Waals surface area contributed by atoms with Crippen LogP contribution in [0.5, 0.6) is 0 Å². The van der Waals surface area contributed by atoms with E-state index in [0.717, 1.165) is 53.9 Å². The van der Waals surface area contributed by atoms with Crippen molar-refractivity contribution < 1.29 is 13.9 Å². The van der Waals surface area contributed by atoms with E-state index in [1.807, 2.05) is 18.2 Å². The Morgan fingerprint density at radius 3 is 2.57 bits per heavy atom. The predicted octanol–water partition coefficient (Wildman–Crippen LogP) is 4.87. The average molecular weight is 379 g/mol. The van der Waals surface area contributed by atoms with E-state index in [1.165, 1.54) is 12.1 Å². The number of nitrogens with zero attached hydrogens (tertiary/aromatic N) is 1. The zero-order valence-corrected chi connectivity index (χ0v) is 15.5. The molecule has 144 valence electrons. The molecule has 1 saturated heterocycles. The van der Waals surface area contributed by atoms with Crippen molar-refractivity contribution in [3.63, 3.8) is 0 Å². The van der Waals surface area contributed by atoms with E-state index in [1.54, 1.807) is 24.5 Å². The first-order chi connectivity index (χ1) is 13.7. The van der Waals surface area contributed by atoms with Gasteiger partial charge < -0.3 is 15.4 Å². The van der Waals surface area contributed by atoms with Gasteiger partial charge in [0.25, 0.3) is 0 Å². The van der Waals surface area contributed by atoms with E-state index in [2.05, 4.69) is 15.6 Å². The molecule has 0 bridgehead atoms. The summed E-state index contributed by atoms with van der Waals surface area (Å²) >= 11 is 0. The van der Waals surface area contributed by atoms with Gasteiger partial charge in [0.1, 0.15) is 5.82 Å². The van der Waals surface area contributed by atoms with Gasteiger partial charge in [-0.15, -0.1) is 0 Å². The first-order valence-corrected chi connectivity index (χ1v) is 9.46. The molecule has 0 atom stereocenters. The third kappa shape index (κ3) is 4.28. The Morgan fingerprint density at radius 1 is 1.04 bits per heavy atom. The molecule has 2 N–H and O–H groups in total. The Kier molecular flexibility index (Phi) is 5.48. The number of benzene rings is 2. The molecule has 2 heterocycles. The van der Waals surface area contributed by atoms with Crippen molar-refractivity contribution in [2.45, 2.75) is 19.3 Å². The van der Waals surface area contributed by atoms with Crippen LogP contribution in [0.3, 0.4) is 0 Å². The summed E-state index contributed by atoms with van der Waals surface area (Å²) in [7, 11) is 0. The third-order valence-electron chi connectivity index (χ3n) is 5.03. The van der Waals surface area contributed by atoms with Crippen molar-refractivity contribution in [1.29, 1.82) is 0 Å². The largest absolute Gasteiger partial charge is 0.381 e. The lowest BCUT2D eigenvalue weighted by Crippen LogP contribution is -2.22. The predicted molar refractivity (Wildman–Crippen MR) is 108 cm³/mol. The molecule has 2 aromatic carbocycles. The maximum atomic E-state index is 13.1. The van der Waals surface area contributed by atoms with E-state index in [9.17, 15) is 9.18 Å². The van der Waals surface area contributed by atoms with Crippen LogP contribution < -0.4 is 10.6 Å². The number of amides is 1. The number of rotatable bonds is 5. The number of anilines is 3. The summed E-state index contributed by atoms with van der Waals surface area (Å²) in [6.45, 7) is 1.46. The molecule has 0 saturated carbocycles. The molecular weight excluding hydrogens is 357 g/mol. The summed E-state index contributed by atoms with van der Waals surface area (Å²) in [6, 6.07) is 11.9. The van der Waals surface area contributed by atoms with E-state index < -0.39 is 0 Å². The van der Waals surface area contributed by atoms with Gasteiger partial charge in [-0.3, -0.25) is 9.78 Å². The van der Waals surface area contributed by atoms with Crippen LogP contribution in [0.4, 0.5) is 21.5 Å². The lowest BCUT2D eigenvalue weighted by atomic mass is 9.96. The van der Waals surface area contributed by atoms with E-state index in [-0.39, 0.29) is 11.7 Å². The number of fused-ring (bicyclic) bond motifs is 1. The van der Waals surface area contributed by atoms with Crippen molar-refractivity contribution in [2.24, 2.45) is 5.92 Å². The molecule has 4 rings (SSSR count). The van der Waals surface area contributed by atoms with Crippen molar-refractivity contribution in [3.8, 4) is 0 Å². The van der Waals surface area contributed by atoms with E-state index in [4.69, 9.17) is 4.74 Å². The first kappa shape index (κ1) is 18.4. The normalized spacial score (nSPS) is 14.8. The molecule has 1 aliphatic rings. The number of carbonyl (C=O) groups is 1. The minimum Gasteiger partial charge on any atom is -0.381 e. The van der Waals surface area contributed by atoms with Crippen LogP contribution in [0.2, 0.25) is 0 Å². The standard InChI is InChI=1S/C22H22FN3O2/c23-16-1-3-17(4-2-16)25-20-5-6-21(19-14-24-10-7-18(19)20)26-22(27)13-15-8-11-28-12-9-15/h1-7,10,14-15,25H,8-9,11-13H2,(H,26,27). The summed E-state index contributed by atoms with van der Waals surface area (Å²) in [5, 5.41) is 8.12. The minimum atomic E-state index is -0.276. The molecule has 0 radical (unpaired) electrons. The summed E-state index contributed by atoms with van der Waals surface area (Å²) in [5.74, 6) is 0.107. The number of hydrogen-bond donors (Lipinski definition) is 2. The van der Waals surface area contributed by atoms with Crippen molar-refractivity contribution in [2.75, 3.05) is 23.8 Å². The molecule has 1 aromatic heterocycles. The summed E-state index contributed by atoms with van der Waals surface area (Å²) in [4.78, 5) is 16.7. The molecule has 28 heavy (non-hydrogen) atoms. The minimum absolute atomic E-state index is 0.0105. The van der Waals surface area contributed by atoms with Gasteiger partial charge in [0, 0.05) is 54.2 Å². The molecule has 5 nitrogen and oxygen atoms in total. The quantitative estimate of drug-likeness (QED) is 0.664. The van der Waals surface area contributed by atoms with Crippen LogP contribution in [-0.2, 0) is 9.53 Å². The molecule has 1 fully saturated rings. The molecule has 0 unspecified atom stereocenters. The average Bonchev–Trinajstić information content (AvgIpc) is 2.72. The third-order valence-corrected chi connectivity index (χ3v) is 5.03. The fourth-order valence-corrected chi connectivity index (χ4v) is 3.51. The summed E-state index contributed by atoms with van der Waals surface area (Å²) < 4.78 is 18.5. The van der Waals surface area contributed by atoms with Gasteiger partial charge in [0.05, 0.1) is 5.69 Å². The second-order valence-corrected chi connectivity index (χ2v) is 7.02. The second kappa shape index (κ2) is 8.35. The number of hydrogen-bond acceptors (Lipinski definition) is 4. The van der Waals surface area contributed by atoms with Crippen LogP contribution in [0.15, 0.2) is 54.9 Å². The van der Waals surface area contributed by atoms with Crippen LogP contribution in [-0.4, -0.2) is 24.1 Å². The monoisotopic (exact) mass is 379 g/mol. The van der Waals surface area contributed by atoms with Gasteiger partial charge >= 0.3 is 0 Å². The fraction of sp³-hybridized carbons (Fsp3) is 0.273. The lowest BCUT2D eigenvalue weighted by molar-refractivity contribution is -0.117. The molecule has 6 heteroatoms. The SMILES string of the molecule is O=C(CC1CCOCC1)Nc1ccc(Nc2ccc(F)cc2)c2ccncc12. The highest BCUT2D eigenvalue weighted by atomic mass is 19.1. The number of halogens is 1. The highest BCUT2D eigenvalue weighted by molar-refractivity contribution is 6.06. The van der Waals surface area contributed by atoms with Gasteiger partial charge in [-0.05, 0) is 61.2 Å². The van der Waals surface area contributed by atoms with Crippen LogP contribution in [0.1, 0.15) is 19.3 Å². The number of nitrogens with one attached hydrogen (secondary N) is 2. The number of ether oxygens (including phenoxy) is 1. The highest BCUT2D eigenvalue weighted by Gasteiger charge is 2.18. The molecule has 1 aliphatic heterocycles. The maximum absolute atomic E-state index is 13.1. The Labute approximate surface area is 162 Å². The number of carbonyl (C=O) groups excluding carboxylic acids is 1. The molecule has 3 aromatic rings. The van der Waals surface area contributed by atoms with Crippen LogP contribution >= 0.6 is 0 Å². The number of pyridine rings is 1. The zero-order chi connectivity index (χ0) is 19.3. The van der Waals surface area contributed by atoms with Crippen LogP contribution in [0.25, 0.3) is 10.8 Å². The Balaban J connectivity index is 1.55. The van der Waals surface area contributed by atoms with Gasteiger partial charge in [0.15, 0.2) is 0 Å². The maximum Gasteiger partial charge on any atom is 0.224 e.